The number of nitrogens with zero attached hydrogens (tertiary/aromatic N) is 1. The van der Waals surface area contributed by atoms with Gasteiger partial charge in [-0.25, -0.2) is 5.11 Å². The Morgan fingerprint density at radius 3 is 2.42 bits per heavy atom. The SMILES string of the molecule is [O]CC(=O)N1CCC(CO)CC1. The van der Waals surface area contributed by atoms with Crippen molar-refractivity contribution in [2.24, 2.45) is 5.92 Å². The van der Waals surface area contributed by atoms with Crippen molar-refractivity contribution in [2.45, 2.75) is 12.8 Å². The van der Waals surface area contributed by atoms with Gasteiger partial charge in [-0.3, -0.25) is 4.79 Å². The van der Waals surface area contributed by atoms with E-state index in [1.807, 2.05) is 0 Å². The summed E-state index contributed by atoms with van der Waals surface area (Å²) in [4.78, 5) is 12.5. The lowest BCUT2D eigenvalue weighted by Crippen LogP contribution is -2.40. The number of carbonyl (C=O) groups excluding carboxylic acids is 1. The smallest absolute Gasteiger partial charge is 0.251 e. The average Bonchev–Trinajstić information content (AvgIpc) is 2.17. The molecule has 0 aromatic rings. The van der Waals surface area contributed by atoms with Gasteiger partial charge >= 0.3 is 0 Å². The summed E-state index contributed by atoms with van der Waals surface area (Å²) >= 11 is 0. The Balaban J connectivity index is 2.30. The third-order valence-corrected chi connectivity index (χ3v) is 2.35. The molecule has 1 rings (SSSR count). The molecule has 1 N–H and O–H groups in total. The summed E-state index contributed by atoms with van der Waals surface area (Å²) in [7, 11) is 0. The second-order valence-corrected chi connectivity index (χ2v) is 3.15. The standard InChI is InChI=1S/C8H14NO3/c10-5-7-1-3-9(4-2-7)8(12)6-11/h7,10H,1-6H2. The molecule has 1 saturated heterocycles. The topological polar surface area (TPSA) is 60.4 Å². The predicted molar refractivity (Wildman–Crippen MR) is 41.9 cm³/mol. The van der Waals surface area contributed by atoms with Gasteiger partial charge in [-0.1, -0.05) is 0 Å². The second-order valence-electron chi connectivity index (χ2n) is 3.15. The van der Waals surface area contributed by atoms with E-state index in [-0.39, 0.29) is 12.5 Å². The molecule has 69 valence electrons. The van der Waals surface area contributed by atoms with Crippen LogP contribution in [0.2, 0.25) is 0 Å². The van der Waals surface area contributed by atoms with Gasteiger partial charge in [-0.05, 0) is 18.8 Å². The molecule has 1 heterocycles. The molecule has 0 spiro atoms. The Morgan fingerprint density at radius 2 is 2.00 bits per heavy atom. The van der Waals surface area contributed by atoms with E-state index in [0.717, 1.165) is 12.8 Å². The summed E-state index contributed by atoms with van der Waals surface area (Å²) in [6, 6.07) is 0. The van der Waals surface area contributed by atoms with Crippen LogP contribution >= 0.6 is 0 Å². The van der Waals surface area contributed by atoms with Crippen LogP contribution in [0.1, 0.15) is 12.8 Å². The number of aliphatic hydroxyl groups is 1. The summed E-state index contributed by atoms with van der Waals surface area (Å²) in [5.41, 5.74) is 0. The summed E-state index contributed by atoms with van der Waals surface area (Å²) in [5, 5.41) is 19.0. The molecule has 0 atom stereocenters. The quantitative estimate of drug-likeness (QED) is 0.618. The van der Waals surface area contributed by atoms with Crippen molar-refractivity contribution in [1.29, 1.82) is 0 Å². The maximum Gasteiger partial charge on any atom is 0.251 e. The van der Waals surface area contributed by atoms with Crippen LogP contribution in [-0.4, -0.2) is 42.2 Å². The third-order valence-electron chi connectivity index (χ3n) is 2.35. The molecular weight excluding hydrogens is 158 g/mol. The molecular formula is C8H14NO3. The van der Waals surface area contributed by atoms with Crippen LogP contribution in [0.3, 0.4) is 0 Å². The van der Waals surface area contributed by atoms with Gasteiger partial charge in [0, 0.05) is 19.7 Å². The normalized spacial score (nSPS) is 19.7. The van der Waals surface area contributed by atoms with E-state index >= 15 is 0 Å². The van der Waals surface area contributed by atoms with Gasteiger partial charge in [0.1, 0.15) is 0 Å². The molecule has 1 radical (unpaired) electrons. The Hall–Kier alpha value is -0.610. The first-order valence-corrected chi connectivity index (χ1v) is 4.24. The first kappa shape index (κ1) is 9.48. The lowest BCUT2D eigenvalue weighted by molar-refractivity contribution is -0.137. The van der Waals surface area contributed by atoms with Gasteiger partial charge < -0.3 is 10.0 Å². The second kappa shape index (κ2) is 4.42. The van der Waals surface area contributed by atoms with Gasteiger partial charge in [0.15, 0.2) is 6.61 Å². The van der Waals surface area contributed by atoms with Gasteiger partial charge in [0.25, 0.3) is 5.91 Å². The van der Waals surface area contributed by atoms with Crippen LogP contribution in [0.15, 0.2) is 0 Å². The van der Waals surface area contributed by atoms with E-state index < -0.39 is 6.61 Å². The predicted octanol–water partition coefficient (Wildman–Crippen LogP) is -0.352. The van der Waals surface area contributed by atoms with Crippen molar-refractivity contribution >= 4 is 5.91 Å². The molecule has 1 amide bonds. The highest BCUT2D eigenvalue weighted by atomic mass is 16.3. The van der Waals surface area contributed by atoms with Gasteiger partial charge in [-0.15, -0.1) is 0 Å². The number of hydrogen-bond donors (Lipinski definition) is 1. The molecule has 0 unspecified atom stereocenters. The first-order valence-electron chi connectivity index (χ1n) is 4.24. The van der Waals surface area contributed by atoms with Crippen LogP contribution in [0.4, 0.5) is 0 Å². The zero-order valence-corrected chi connectivity index (χ0v) is 7.03. The van der Waals surface area contributed by atoms with Crippen molar-refractivity contribution in [3.8, 4) is 0 Å². The van der Waals surface area contributed by atoms with E-state index in [4.69, 9.17) is 5.11 Å². The summed E-state index contributed by atoms with van der Waals surface area (Å²) in [6.07, 6.45) is 1.64. The third kappa shape index (κ3) is 2.19. The molecule has 0 aliphatic carbocycles. The number of rotatable bonds is 2. The van der Waals surface area contributed by atoms with Crippen molar-refractivity contribution < 1.29 is 15.0 Å². The number of piperidine rings is 1. The fourth-order valence-corrected chi connectivity index (χ4v) is 1.46. The number of likely N-dealkylation sites (tertiary alicyclic amines) is 1. The fourth-order valence-electron chi connectivity index (χ4n) is 1.46. The van der Waals surface area contributed by atoms with E-state index in [0.29, 0.717) is 19.0 Å². The summed E-state index contributed by atoms with van der Waals surface area (Å²) in [5.74, 6) is 0.00657. The van der Waals surface area contributed by atoms with Gasteiger partial charge in [-0.2, -0.15) is 0 Å². The highest BCUT2D eigenvalue weighted by Gasteiger charge is 2.21. The van der Waals surface area contributed by atoms with Crippen LogP contribution < -0.4 is 0 Å². The molecule has 1 fully saturated rings. The lowest BCUT2D eigenvalue weighted by atomic mass is 9.98. The minimum atomic E-state index is -0.649. The van der Waals surface area contributed by atoms with Crippen LogP contribution in [0.5, 0.6) is 0 Å². The van der Waals surface area contributed by atoms with Gasteiger partial charge in [0.2, 0.25) is 0 Å². The summed E-state index contributed by atoms with van der Waals surface area (Å²) in [6.45, 7) is 0.807. The van der Waals surface area contributed by atoms with Crippen molar-refractivity contribution in [1.82, 2.24) is 4.90 Å². The largest absolute Gasteiger partial charge is 0.396 e. The Kier molecular flexibility index (Phi) is 3.49. The van der Waals surface area contributed by atoms with Crippen molar-refractivity contribution in [3.63, 3.8) is 0 Å². The molecule has 0 bridgehead atoms. The minimum Gasteiger partial charge on any atom is -0.396 e. The van der Waals surface area contributed by atoms with E-state index in [2.05, 4.69) is 0 Å². The average molecular weight is 172 g/mol. The summed E-state index contributed by atoms with van der Waals surface area (Å²) < 4.78 is 0. The molecule has 0 aromatic carbocycles. The molecule has 1 aliphatic rings. The number of carbonyl (C=O) groups is 1. The number of aliphatic hydroxyl groups excluding tert-OH is 1. The first-order chi connectivity index (χ1) is 5.77. The highest BCUT2D eigenvalue weighted by molar-refractivity contribution is 5.77. The Morgan fingerprint density at radius 1 is 1.42 bits per heavy atom. The fraction of sp³-hybridized carbons (Fsp3) is 0.875. The van der Waals surface area contributed by atoms with Gasteiger partial charge in [0.05, 0.1) is 0 Å². The molecule has 0 saturated carbocycles. The number of hydrogen-bond acceptors (Lipinski definition) is 2. The number of amides is 1. The Bertz CT molecular complexity index is 152. The van der Waals surface area contributed by atoms with Crippen LogP contribution in [0, 0.1) is 5.92 Å². The minimum absolute atomic E-state index is 0.194. The molecule has 1 aliphatic heterocycles. The highest BCUT2D eigenvalue weighted by Crippen LogP contribution is 2.15. The zero-order valence-electron chi connectivity index (χ0n) is 7.03. The monoisotopic (exact) mass is 172 g/mol. The van der Waals surface area contributed by atoms with E-state index in [9.17, 15) is 9.90 Å². The maximum absolute atomic E-state index is 10.9. The molecule has 4 heteroatoms. The van der Waals surface area contributed by atoms with E-state index in [1.54, 1.807) is 4.90 Å². The van der Waals surface area contributed by atoms with Crippen molar-refractivity contribution in [2.75, 3.05) is 26.3 Å². The van der Waals surface area contributed by atoms with Crippen LogP contribution in [0.25, 0.3) is 0 Å². The molecule has 0 aromatic heterocycles. The van der Waals surface area contributed by atoms with Crippen molar-refractivity contribution in [3.05, 3.63) is 0 Å². The molecule has 4 nitrogen and oxygen atoms in total. The maximum atomic E-state index is 10.9. The van der Waals surface area contributed by atoms with Crippen LogP contribution in [-0.2, 0) is 9.90 Å². The Labute approximate surface area is 71.8 Å². The molecule has 12 heavy (non-hydrogen) atoms. The zero-order chi connectivity index (χ0) is 8.97. The van der Waals surface area contributed by atoms with E-state index in [1.165, 1.54) is 0 Å². The lowest BCUT2D eigenvalue weighted by Gasteiger charge is -2.30.